The molecule has 2 heterocycles. The lowest BCUT2D eigenvalue weighted by molar-refractivity contribution is 0.754. The Hall–Kier alpha value is -1.62. The van der Waals surface area contributed by atoms with Crippen molar-refractivity contribution in [2.75, 3.05) is 5.73 Å². The molecule has 0 aliphatic heterocycles. The van der Waals surface area contributed by atoms with Crippen molar-refractivity contribution in [2.45, 2.75) is 13.5 Å². The topological polar surface area (TPSA) is 60.9 Å². The molecule has 5 heteroatoms. The van der Waals surface area contributed by atoms with Crippen molar-refractivity contribution in [3.05, 3.63) is 44.6 Å². The lowest BCUT2D eigenvalue weighted by Gasteiger charge is -2.06. The van der Waals surface area contributed by atoms with Gasteiger partial charge in [0.2, 0.25) is 0 Å². The van der Waals surface area contributed by atoms with Crippen LogP contribution in [0.2, 0.25) is 0 Å². The molecule has 0 aliphatic rings. The molecule has 0 aliphatic carbocycles. The highest BCUT2D eigenvalue weighted by atomic mass is 32.1. The third-order valence-corrected chi connectivity index (χ3v) is 3.11. The summed E-state index contributed by atoms with van der Waals surface area (Å²) in [5.74, 6) is 0.481. The summed E-state index contributed by atoms with van der Waals surface area (Å²) in [4.78, 5) is 15.5. The molecule has 15 heavy (non-hydrogen) atoms. The summed E-state index contributed by atoms with van der Waals surface area (Å²) in [6, 6.07) is 3.70. The molecule has 0 saturated carbocycles. The zero-order chi connectivity index (χ0) is 10.8. The maximum Gasteiger partial charge on any atom is 0.307 e. The van der Waals surface area contributed by atoms with E-state index >= 15 is 0 Å². The van der Waals surface area contributed by atoms with E-state index in [0.29, 0.717) is 12.4 Å². The van der Waals surface area contributed by atoms with Gasteiger partial charge in [0.15, 0.2) is 0 Å². The van der Waals surface area contributed by atoms with Gasteiger partial charge in [-0.2, -0.15) is 0 Å². The number of anilines is 1. The van der Waals surface area contributed by atoms with Crippen LogP contribution in [0, 0.1) is 6.92 Å². The first-order chi connectivity index (χ1) is 7.18. The molecule has 2 aromatic heterocycles. The molecule has 0 atom stereocenters. The molecule has 0 fully saturated rings. The average molecular weight is 221 g/mol. The van der Waals surface area contributed by atoms with E-state index in [-0.39, 0.29) is 4.87 Å². The van der Waals surface area contributed by atoms with E-state index in [9.17, 15) is 4.79 Å². The molecule has 2 aromatic rings. The number of pyridine rings is 1. The first kappa shape index (κ1) is 9.92. The highest BCUT2D eigenvalue weighted by Gasteiger charge is 2.05. The number of thiazole rings is 1. The van der Waals surface area contributed by atoms with Gasteiger partial charge in [0.05, 0.1) is 6.54 Å². The Morgan fingerprint density at radius 2 is 2.40 bits per heavy atom. The molecule has 0 bridgehead atoms. The number of aromatic nitrogens is 2. The molecule has 0 aromatic carbocycles. The maximum absolute atomic E-state index is 11.5. The number of rotatable bonds is 2. The minimum atomic E-state index is 0.0377. The number of hydrogen-bond acceptors (Lipinski definition) is 4. The van der Waals surface area contributed by atoms with Gasteiger partial charge in [0.1, 0.15) is 5.82 Å². The fraction of sp³-hybridized carbons (Fsp3) is 0.200. The van der Waals surface area contributed by atoms with Crippen molar-refractivity contribution in [1.82, 2.24) is 9.55 Å². The van der Waals surface area contributed by atoms with Crippen molar-refractivity contribution in [3.63, 3.8) is 0 Å². The smallest absolute Gasteiger partial charge is 0.307 e. The zero-order valence-corrected chi connectivity index (χ0v) is 9.12. The van der Waals surface area contributed by atoms with E-state index in [4.69, 9.17) is 5.73 Å². The van der Waals surface area contributed by atoms with Crippen LogP contribution in [0.3, 0.4) is 0 Å². The quantitative estimate of drug-likeness (QED) is 0.830. The Kier molecular flexibility index (Phi) is 2.55. The highest BCUT2D eigenvalue weighted by molar-refractivity contribution is 7.07. The molecule has 0 unspecified atom stereocenters. The Labute approximate surface area is 91.0 Å². The molecular formula is C10H11N3OS. The predicted octanol–water partition coefficient (Wildman–Crippen LogP) is 1.24. The standard InChI is InChI=1S/C10H11N3OS/c1-7-6-15-10(14)13(7)5-8-3-2-4-12-9(8)11/h2-4,6H,5H2,1H3,(H2,11,12). The van der Waals surface area contributed by atoms with Gasteiger partial charge in [-0.3, -0.25) is 9.36 Å². The van der Waals surface area contributed by atoms with Crippen LogP contribution in [-0.4, -0.2) is 9.55 Å². The van der Waals surface area contributed by atoms with Crippen molar-refractivity contribution in [1.29, 1.82) is 0 Å². The van der Waals surface area contributed by atoms with Crippen LogP contribution in [-0.2, 0) is 6.54 Å². The molecule has 0 saturated heterocycles. The second kappa shape index (κ2) is 3.86. The van der Waals surface area contributed by atoms with Crippen molar-refractivity contribution in [2.24, 2.45) is 0 Å². The Balaban J connectivity index is 2.38. The highest BCUT2D eigenvalue weighted by Crippen LogP contribution is 2.10. The summed E-state index contributed by atoms with van der Waals surface area (Å²) in [5, 5.41) is 1.84. The first-order valence-corrected chi connectivity index (χ1v) is 5.41. The molecule has 0 radical (unpaired) electrons. The number of hydrogen-bond donors (Lipinski definition) is 1. The molecular weight excluding hydrogens is 210 g/mol. The van der Waals surface area contributed by atoms with Gasteiger partial charge in [-0.25, -0.2) is 4.98 Å². The van der Waals surface area contributed by atoms with Crippen LogP contribution in [0.15, 0.2) is 28.5 Å². The van der Waals surface area contributed by atoms with Crippen LogP contribution in [0.4, 0.5) is 5.82 Å². The third-order valence-electron chi connectivity index (χ3n) is 2.23. The van der Waals surface area contributed by atoms with Gasteiger partial charge in [-0.1, -0.05) is 17.4 Å². The predicted molar refractivity (Wildman–Crippen MR) is 61.1 cm³/mol. The Morgan fingerprint density at radius 3 is 3.00 bits per heavy atom. The van der Waals surface area contributed by atoms with Crippen LogP contribution in [0.5, 0.6) is 0 Å². The van der Waals surface area contributed by atoms with Crippen molar-refractivity contribution in [3.8, 4) is 0 Å². The maximum atomic E-state index is 11.5. The molecule has 78 valence electrons. The second-order valence-electron chi connectivity index (χ2n) is 3.28. The minimum Gasteiger partial charge on any atom is -0.383 e. The van der Waals surface area contributed by atoms with Gasteiger partial charge in [-0.05, 0) is 13.0 Å². The van der Waals surface area contributed by atoms with Crippen LogP contribution < -0.4 is 10.6 Å². The Bertz CT molecular complexity index is 529. The van der Waals surface area contributed by atoms with Crippen molar-refractivity contribution >= 4 is 17.2 Å². The summed E-state index contributed by atoms with van der Waals surface area (Å²) in [7, 11) is 0. The summed E-state index contributed by atoms with van der Waals surface area (Å²) in [6.07, 6.45) is 1.64. The van der Waals surface area contributed by atoms with E-state index in [2.05, 4.69) is 4.98 Å². The summed E-state index contributed by atoms with van der Waals surface area (Å²) < 4.78 is 1.69. The SMILES string of the molecule is Cc1csc(=O)n1Cc1cccnc1N. The molecule has 2 N–H and O–H groups in total. The number of nitrogen functional groups attached to an aromatic ring is 1. The number of nitrogens with zero attached hydrogens (tertiary/aromatic N) is 2. The lowest BCUT2D eigenvalue weighted by atomic mass is 10.2. The van der Waals surface area contributed by atoms with Gasteiger partial charge in [0, 0.05) is 22.8 Å². The molecule has 2 rings (SSSR count). The van der Waals surface area contributed by atoms with Gasteiger partial charge < -0.3 is 5.73 Å². The van der Waals surface area contributed by atoms with E-state index in [1.807, 2.05) is 24.4 Å². The third kappa shape index (κ3) is 1.92. The van der Waals surface area contributed by atoms with E-state index in [0.717, 1.165) is 11.3 Å². The Morgan fingerprint density at radius 1 is 1.60 bits per heavy atom. The molecule has 4 nitrogen and oxygen atoms in total. The average Bonchev–Trinajstić information content (AvgIpc) is 2.53. The minimum absolute atomic E-state index is 0.0377. The largest absolute Gasteiger partial charge is 0.383 e. The van der Waals surface area contributed by atoms with Crippen LogP contribution in [0.1, 0.15) is 11.3 Å². The summed E-state index contributed by atoms with van der Waals surface area (Å²) >= 11 is 1.20. The number of nitrogens with two attached hydrogens (primary N) is 1. The van der Waals surface area contributed by atoms with Crippen molar-refractivity contribution < 1.29 is 0 Å². The van der Waals surface area contributed by atoms with Crippen LogP contribution in [0.25, 0.3) is 0 Å². The summed E-state index contributed by atoms with van der Waals surface area (Å²) in [5.41, 5.74) is 7.54. The number of aryl methyl sites for hydroxylation is 1. The first-order valence-electron chi connectivity index (χ1n) is 4.53. The normalized spacial score (nSPS) is 10.5. The lowest BCUT2D eigenvalue weighted by Crippen LogP contribution is -2.16. The van der Waals surface area contributed by atoms with E-state index < -0.39 is 0 Å². The van der Waals surface area contributed by atoms with Gasteiger partial charge in [0.25, 0.3) is 0 Å². The monoisotopic (exact) mass is 221 g/mol. The fourth-order valence-electron chi connectivity index (χ4n) is 1.35. The molecule has 0 spiro atoms. The molecule has 0 amide bonds. The second-order valence-corrected chi connectivity index (χ2v) is 4.10. The summed E-state index contributed by atoms with van der Waals surface area (Å²) in [6.45, 7) is 2.40. The fourth-order valence-corrected chi connectivity index (χ4v) is 2.09. The van der Waals surface area contributed by atoms with Gasteiger partial charge >= 0.3 is 4.87 Å². The van der Waals surface area contributed by atoms with Crippen LogP contribution >= 0.6 is 11.3 Å². The zero-order valence-electron chi connectivity index (χ0n) is 8.30. The van der Waals surface area contributed by atoms with E-state index in [1.165, 1.54) is 11.3 Å². The van der Waals surface area contributed by atoms with Gasteiger partial charge in [-0.15, -0.1) is 0 Å². The van der Waals surface area contributed by atoms with E-state index in [1.54, 1.807) is 10.8 Å².